The van der Waals surface area contributed by atoms with Crippen LogP contribution in [0.2, 0.25) is 10.0 Å². The van der Waals surface area contributed by atoms with E-state index >= 15 is 0 Å². The van der Waals surface area contributed by atoms with Gasteiger partial charge in [-0.2, -0.15) is 0 Å². The smallest absolute Gasteiger partial charge is 0.258 e. The largest absolute Gasteiger partial charge is 0.495 e. The molecule has 4 heterocycles. The highest BCUT2D eigenvalue weighted by Crippen LogP contribution is 2.41. The van der Waals surface area contributed by atoms with Crippen molar-refractivity contribution in [1.82, 2.24) is 19.9 Å². The number of hydrogen-bond donors (Lipinski definition) is 2. The van der Waals surface area contributed by atoms with Gasteiger partial charge in [0.2, 0.25) is 0 Å². The Labute approximate surface area is 234 Å². The van der Waals surface area contributed by atoms with Crippen LogP contribution in [0.4, 0.5) is 23.0 Å². The van der Waals surface area contributed by atoms with Crippen molar-refractivity contribution in [2.24, 2.45) is 0 Å². The lowest BCUT2D eigenvalue weighted by Crippen LogP contribution is -2.46. The van der Waals surface area contributed by atoms with E-state index in [9.17, 15) is 4.79 Å². The first kappa shape index (κ1) is 26.4. The fourth-order valence-electron chi connectivity index (χ4n) is 4.37. The third kappa shape index (κ3) is 5.22. The highest BCUT2D eigenvalue weighted by molar-refractivity contribution is 7.18. The van der Waals surface area contributed by atoms with E-state index in [-0.39, 0.29) is 10.9 Å². The van der Waals surface area contributed by atoms with Gasteiger partial charge in [0.05, 0.1) is 45.5 Å². The molecule has 2 N–H and O–H groups in total. The van der Waals surface area contributed by atoms with Crippen LogP contribution in [0.1, 0.15) is 22.8 Å². The molecule has 1 aromatic carbocycles. The van der Waals surface area contributed by atoms with E-state index in [4.69, 9.17) is 27.9 Å². The molecule has 38 heavy (non-hydrogen) atoms. The predicted octanol–water partition coefficient (Wildman–Crippen LogP) is 5.85. The number of anilines is 4. The second-order valence-corrected chi connectivity index (χ2v) is 10.5. The maximum absolute atomic E-state index is 13.2. The number of rotatable bonds is 7. The number of benzene rings is 1. The summed E-state index contributed by atoms with van der Waals surface area (Å²) >= 11 is 14.2. The first-order valence-electron chi connectivity index (χ1n) is 12.2. The van der Waals surface area contributed by atoms with Crippen molar-refractivity contribution in [2.45, 2.75) is 13.8 Å². The van der Waals surface area contributed by atoms with Gasteiger partial charge in [-0.3, -0.25) is 4.79 Å². The summed E-state index contributed by atoms with van der Waals surface area (Å²) in [5, 5.41) is 8.41. The van der Waals surface area contributed by atoms with E-state index in [1.165, 1.54) is 24.8 Å². The van der Waals surface area contributed by atoms with E-state index in [0.717, 1.165) is 48.7 Å². The van der Waals surface area contributed by atoms with Crippen LogP contribution in [-0.4, -0.2) is 65.6 Å². The van der Waals surface area contributed by atoms with E-state index in [1.54, 1.807) is 11.4 Å². The van der Waals surface area contributed by atoms with Crippen LogP contribution in [0.5, 0.6) is 5.75 Å². The molecule has 198 valence electrons. The minimum absolute atomic E-state index is 0.231. The number of carbonyl (C=O) groups excluding carboxylic acids is 1. The standard InChI is InChI=1S/C26H27Cl2N7O2S/c1-4-34-7-9-35(10-8-34)16-5-6-19(29-12-16)32-25-24-22(30-14-31-25)17(13-38-24)26(36)33-23-20(27)15(2)11-18(37-3)21(23)28/h5-6,11-14H,4,7-10H2,1-3H3,(H,33,36)(H,29,30,31,32). The Kier molecular flexibility index (Phi) is 7.85. The molecule has 5 rings (SSSR count). The molecule has 1 fully saturated rings. The number of nitrogens with zero attached hydrogens (tertiary/aromatic N) is 5. The van der Waals surface area contributed by atoms with Gasteiger partial charge in [-0.25, -0.2) is 15.0 Å². The Balaban J connectivity index is 1.34. The number of halogens is 2. The van der Waals surface area contributed by atoms with Crippen LogP contribution in [0.25, 0.3) is 10.2 Å². The maximum Gasteiger partial charge on any atom is 0.258 e. The van der Waals surface area contributed by atoms with Gasteiger partial charge in [0.1, 0.15) is 22.9 Å². The number of pyridine rings is 1. The highest BCUT2D eigenvalue weighted by Gasteiger charge is 2.22. The second-order valence-electron chi connectivity index (χ2n) is 8.85. The topological polar surface area (TPSA) is 95.5 Å². The van der Waals surface area contributed by atoms with Crippen LogP contribution in [0, 0.1) is 6.92 Å². The number of ether oxygens (including phenoxy) is 1. The average molecular weight is 573 g/mol. The minimum Gasteiger partial charge on any atom is -0.495 e. The minimum atomic E-state index is -0.386. The van der Waals surface area contributed by atoms with Crippen molar-refractivity contribution in [3.63, 3.8) is 0 Å². The van der Waals surface area contributed by atoms with Gasteiger partial charge in [-0.1, -0.05) is 30.1 Å². The summed E-state index contributed by atoms with van der Waals surface area (Å²) in [5.74, 6) is 1.27. The lowest BCUT2D eigenvalue weighted by molar-refractivity contribution is 0.102. The first-order chi connectivity index (χ1) is 18.4. The molecule has 1 saturated heterocycles. The lowest BCUT2D eigenvalue weighted by Gasteiger charge is -2.35. The number of nitrogens with one attached hydrogen (secondary N) is 2. The molecule has 3 aromatic heterocycles. The molecule has 12 heteroatoms. The summed E-state index contributed by atoms with van der Waals surface area (Å²) in [4.78, 5) is 31.4. The zero-order valence-corrected chi connectivity index (χ0v) is 23.5. The number of carbonyl (C=O) groups is 1. The summed E-state index contributed by atoms with van der Waals surface area (Å²) in [6.45, 7) is 9.17. The number of thiophene rings is 1. The monoisotopic (exact) mass is 571 g/mol. The number of likely N-dealkylation sites (N-methyl/N-ethyl adjacent to an activating group) is 1. The molecular weight excluding hydrogens is 545 g/mol. The molecule has 0 unspecified atom stereocenters. The quantitative estimate of drug-likeness (QED) is 0.285. The number of fused-ring (bicyclic) bond motifs is 1. The fourth-order valence-corrected chi connectivity index (χ4v) is 5.83. The number of methoxy groups -OCH3 is 1. The van der Waals surface area contributed by atoms with Crippen LogP contribution in [0.3, 0.4) is 0 Å². The SMILES string of the molecule is CCN1CCN(c2ccc(Nc3ncnc4c(C(=O)Nc5c(Cl)c(C)cc(OC)c5Cl)csc34)nc2)CC1. The third-order valence-corrected chi connectivity index (χ3v) is 8.42. The van der Waals surface area contributed by atoms with Crippen molar-refractivity contribution in [3.05, 3.63) is 57.3 Å². The summed E-state index contributed by atoms with van der Waals surface area (Å²) in [7, 11) is 1.51. The Morgan fingerprint density at radius 3 is 2.61 bits per heavy atom. The van der Waals surface area contributed by atoms with E-state index in [1.807, 2.05) is 19.2 Å². The Hall–Kier alpha value is -3.18. The molecule has 1 aliphatic heterocycles. The average Bonchev–Trinajstić information content (AvgIpc) is 3.39. The molecular formula is C26H27Cl2N7O2S. The molecule has 1 amide bonds. The van der Waals surface area contributed by atoms with Gasteiger partial charge in [0.25, 0.3) is 5.91 Å². The summed E-state index contributed by atoms with van der Waals surface area (Å²) in [6.07, 6.45) is 3.30. The van der Waals surface area contributed by atoms with Gasteiger partial charge in [0, 0.05) is 31.6 Å². The summed E-state index contributed by atoms with van der Waals surface area (Å²) in [5.41, 5.74) is 3.02. The van der Waals surface area contributed by atoms with Crippen LogP contribution >= 0.6 is 34.5 Å². The van der Waals surface area contributed by atoms with Crippen molar-refractivity contribution < 1.29 is 9.53 Å². The molecule has 0 atom stereocenters. The van der Waals surface area contributed by atoms with Crippen LogP contribution < -0.4 is 20.3 Å². The normalized spacial score (nSPS) is 14.1. The van der Waals surface area contributed by atoms with Crippen molar-refractivity contribution >= 4 is 73.7 Å². The molecule has 1 aliphatic rings. The number of aromatic nitrogens is 3. The second kappa shape index (κ2) is 11.3. The van der Waals surface area contributed by atoms with Gasteiger partial charge in [-0.05, 0) is 37.2 Å². The Morgan fingerprint density at radius 2 is 1.92 bits per heavy atom. The molecule has 4 aromatic rings. The van der Waals surface area contributed by atoms with Crippen molar-refractivity contribution in [2.75, 3.05) is 55.4 Å². The Morgan fingerprint density at radius 1 is 1.13 bits per heavy atom. The molecule has 0 radical (unpaired) electrons. The van der Waals surface area contributed by atoms with Crippen LogP contribution in [-0.2, 0) is 0 Å². The van der Waals surface area contributed by atoms with Gasteiger partial charge < -0.3 is 25.2 Å². The van der Waals surface area contributed by atoms with Gasteiger partial charge >= 0.3 is 0 Å². The first-order valence-corrected chi connectivity index (χ1v) is 13.8. The summed E-state index contributed by atoms with van der Waals surface area (Å²) in [6, 6.07) is 5.72. The van der Waals surface area contributed by atoms with E-state index < -0.39 is 0 Å². The fraction of sp³-hybridized carbons (Fsp3) is 0.308. The molecule has 0 spiro atoms. The Bertz CT molecular complexity index is 1470. The number of hydrogen-bond acceptors (Lipinski definition) is 9. The summed E-state index contributed by atoms with van der Waals surface area (Å²) < 4.78 is 6.04. The lowest BCUT2D eigenvalue weighted by atomic mass is 10.2. The number of aryl methyl sites for hydroxylation is 1. The molecule has 0 bridgehead atoms. The van der Waals surface area contributed by atoms with Crippen LogP contribution in [0.15, 0.2) is 36.1 Å². The van der Waals surface area contributed by atoms with Crippen molar-refractivity contribution in [3.8, 4) is 5.75 Å². The van der Waals surface area contributed by atoms with E-state index in [2.05, 4.69) is 48.4 Å². The zero-order chi connectivity index (χ0) is 26.8. The van der Waals surface area contributed by atoms with Gasteiger partial charge in [-0.15, -0.1) is 11.3 Å². The zero-order valence-electron chi connectivity index (χ0n) is 21.2. The maximum atomic E-state index is 13.2. The molecule has 0 saturated carbocycles. The number of amides is 1. The van der Waals surface area contributed by atoms with Crippen molar-refractivity contribution in [1.29, 1.82) is 0 Å². The third-order valence-electron chi connectivity index (χ3n) is 6.58. The predicted molar refractivity (Wildman–Crippen MR) is 155 cm³/mol. The molecule has 9 nitrogen and oxygen atoms in total. The van der Waals surface area contributed by atoms with Gasteiger partial charge in [0.15, 0.2) is 5.82 Å². The van der Waals surface area contributed by atoms with E-state index in [0.29, 0.717) is 39.2 Å². The molecule has 0 aliphatic carbocycles. The number of piperazine rings is 1. The highest BCUT2D eigenvalue weighted by atomic mass is 35.5.